The van der Waals surface area contributed by atoms with Crippen LogP contribution in [0, 0.1) is 5.92 Å². The lowest BCUT2D eigenvalue weighted by Gasteiger charge is -2.24. The fourth-order valence-electron chi connectivity index (χ4n) is 1.97. The summed E-state index contributed by atoms with van der Waals surface area (Å²) in [6.45, 7) is 8.99. The van der Waals surface area contributed by atoms with Crippen LogP contribution in [0.3, 0.4) is 0 Å². The first kappa shape index (κ1) is 16.1. The zero-order valence-electron chi connectivity index (χ0n) is 11.9. The van der Waals surface area contributed by atoms with Crippen LogP contribution >= 0.6 is 0 Å². The quantitative estimate of drug-likeness (QED) is 0.362. The second-order valence-electron chi connectivity index (χ2n) is 5.92. The van der Waals surface area contributed by atoms with Crippen molar-refractivity contribution in [3.8, 4) is 0 Å². The number of unbranched alkanes of at least 4 members (excludes halogenated alkanes) is 2. The van der Waals surface area contributed by atoms with E-state index in [0.29, 0.717) is 0 Å². The minimum Gasteiger partial charge on any atom is -0.0803 e. The van der Waals surface area contributed by atoms with Crippen molar-refractivity contribution in [2.45, 2.75) is 84.2 Å². The Hall–Kier alpha value is 0.130. The molecule has 0 aromatic rings. The van der Waals surface area contributed by atoms with Crippen molar-refractivity contribution in [1.29, 1.82) is 0 Å². The van der Waals surface area contributed by atoms with Gasteiger partial charge in [-0.2, -0.15) is 0 Å². The van der Waals surface area contributed by atoms with Crippen molar-refractivity contribution in [3.05, 3.63) is 0 Å². The monoisotopic (exact) mass is 219 g/mol. The first-order chi connectivity index (χ1) is 7.48. The Labute approximate surface area is 106 Å². The van der Waals surface area contributed by atoms with E-state index in [4.69, 9.17) is 7.85 Å². The molecule has 0 heterocycles. The topological polar surface area (TPSA) is 0 Å². The summed E-state index contributed by atoms with van der Waals surface area (Å²) >= 11 is 0. The van der Waals surface area contributed by atoms with Crippen molar-refractivity contribution < 1.29 is 0 Å². The summed E-state index contributed by atoms with van der Waals surface area (Å²) in [5.41, 5.74) is 0. The van der Waals surface area contributed by atoms with E-state index in [9.17, 15) is 0 Å². The molecule has 91 valence electrons. The van der Waals surface area contributed by atoms with Crippen LogP contribution in [0.25, 0.3) is 0 Å². The molecule has 0 aromatic heterocycles. The molecule has 0 aliphatic heterocycles. The smallest absolute Gasteiger partial charge is 0.0803 e. The van der Waals surface area contributed by atoms with E-state index in [1.54, 1.807) is 0 Å². The molecule has 0 fully saturated rings. The Kier molecular flexibility index (Phi) is 9.26. The molecule has 0 spiro atoms. The van der Waals surface area contributed by atoms with Gasteiger partial charge in [-0.15, -0.1) is 0 Å². The third-order valence-electron chi connectivity index (χ3n) is 3.15. The van der Waals surface area contributed by atoms with Crippen LogP contribution in [0.2, 0.25) is 18.0 Å². The predicted molar refractivity (Wildman–Crippen MR) is 77.7 cm³/mol. The van der Waals surface area contributed by atoms with Gasteiger partial charge in [0.25, 0.3) is 0 Å². The summed E-state index contributed by atoms with van der Waals surface area (Å²) in [5, 5.41) is 0.0774. The fraction of sp³-hybridized carbons (Fsp3) is 1.00. The summed E-state index contributed by atoms with van der Waals surface area (Å²) in [6.07, 6.45) is 10.0. The van der Waals surface area contributed by atoms with E-state index in [1.807, 2.05) is 0 Å². The van der Waals surface area contributed by atoms with Crippen LogP contribution < -0.4 is 0 Å². The normalized spacial score (nSPS) is 15.1. The minimum absolute atomic E-state index is 0.0774. The van der Waals surface area contributed by atoms with Crippen molar-refractivity contribution in [2.24, 2.45) is 5.92 Å². The Morgan fingerprint density at radius 1 is 1.12 bits per heavy atom. The van der Waals surface area contributed by atoms with Crippen molar-refractivity contribution in [1.82, 2.24) is 0 Å². The maximum atomic E-state index is 6.26. The first-order valence-corrected chi connectivity index (χ1v) is 7.08. The first-order valence-electron chi connectivity index (χ1n) is 7.08. The van der Waals surface area contributed by atoms with Gasteiger partial charge in [0.1, 0.15) is 7.28 Å². The maximum Gasteiger partial charge on any atom is 0.109 e. The third kappa shape index (κ3) is 10.6. The highest BCUT2D eigenvalue weighted by molar-refractivity contribution is 6.35. The second-order valence-corrected chi connectivity index (χ2v) is 5.92. The van der Waals surface area contributed by atoms with E-state index in [2.05, 4.69) is 35.0 Å². The lowest BCUT2D eigenvalue weighted by atomic mass is 9.62. The van der Waals surface area contributed by atoms with Crippen LogP contribution in [0.15, 0.2) is 0 Å². The summed E-state index contributed by atoms with van der Waals surface area (Å²) in [5.74, 6) is 0.810. The van der Waals surface area contributed by atoms with Crippen LogP contribution in [0.1, 0.15) is 66.2 Å². The lowest BCUT2D eigenvalue weighted by molar-refractivity contribution is 0.475. The standard InChI is InChI=1S/C14H29B2/c1-5-6-9-14(4,15)10-7-8-11-16-12-13(2)3/h13H,5-12H2,1-4H3. The van der Waals surface area contributed by atoms with Gasteiger partial charge < -0.3 is 0 Å². The molecule has 0 bridgehead atoms. The Bertz CT molecular complexity index is 153. The van der Waals surface area contributed by atoms with Gasteiger partial charge in [0.05, 0.1) is 7.85 Å². The van der Waals surface area contributed by atoms with E-state index in [1.165, 1.54) is 51.2 Å². The molecular formula is C14H29B2. The van der Waals surface area contributed by atoms with E-state index < -0.39 is 0 Å². The molecular weight excluding hydrogens is 190 g/mol. The van der Waals surface area contributed by atoms with Crippen LogP contribution in [0.4, 0.5) is 0 Å². The van der Waals surface area contributed by atoms with Crippen LogP contribution in [0.5, 0.6) is 0 Å². The van der Waals surface area contributed by atoms with Gasteiger partial charge >= 0.3 is 0 Å². The second kappa shape index (κ2) is 9.19. The fourth-order valence-corrected chi connectivity index (χ4v) is 1.97. The summed E-state index contributed by atoms with van der Waals surface area (Å²) in [6, 6.07) is 0. The highest BCUT2D eigenvalue weighted by atomic mass is 14.1. The molecule has 16 heavy (non-hydrogen) atoms. The Balaban J connectivity index is 3.35. The minimum atomic E-state index is 0.0774. The Morgan fingerprint density at radius 3 is 2.31 bits per heavy atom. The summed E-state index contributed by atoms with van der Waals surface area (Å²) in [4.78, 5) is 0. The van der Waals surface area contributed by atoms with Gasteiger partial charge in [0.2, 0.25) is 0 Å². The zero-order chi connectivity index (χ0) is 12.4. The van der Waals surface area contributed by atoms with Crippen molar-refractivity contribution in [3.63, 3.8) is 0 Å². The molecule has 1 unspecified atom stereocenters. The van der Waals surface area contributed by atoms with Crippen LogP contribution in [-0.2, 0) is 0 Å². The molecule has 0 saturated carbocycles. The molecule has 2 heteroatoms. The summed E-state index contributed by atoms with van der Waals surface area (Å²) in [7, 11) is 8.69. The van der Waals surface area contributed by atoms with E-state index >= 15 is 0 Å². The van der Waals surface area contributed by atoms with Gasteiger partial charge in [-0.25, -0.2) is 0 Å². The van der Waals surface area contributed by atoms with Gasteiger partial charge in [-0.3, -0.25) is 0 Å². The molecule has 3 radical (unpaired) electrons. The molecule has 0 aliphatic rings. The van der Waals surface area contributed by atoms with Gasteiger partial charge in [-0.1, -0.05) is 90.1 Å². The maximum absolute atomic E-state index is 6.26. The molecule has 0 saturated heterocycles. The number of hydrogen-bond acceptors (Lipinski definition) is 0. The molecule has 0 rings (SSSR count). The van der Waals surface area contributed by atoms with Gasteiger partial charge in [-0.05, 0) is 0 Å². The molecule has 0 amide bonds. The highest BCUT2D eigenvalue weighted by Crippen LogP contribution is 2.34. The average molecular weight is 219 g/mol. The van der Waals surface area contributed by atoms with E-state index in [-0.39, 0.29) is 5.31 Å². The third-order valence-corrected chi connectivity index (χ3v) is 3.15. The Morgan fingerprint density at radius 2 is 1.75 bits per heavy atom. The molecule has 1 atom stereocenters. The van der Waals surface area contributed by atoms with Gasteiger partial charge in [0.15, 0.2) is 0 Å². The highest BCUT2D eigenvalue weighted by Gasteiger charge is 2.15. The number of hydrogen-bond donors (Lipinski definition) is 0. The predicted octanol–water partition coefficient (Wildman–Crippen LogP) is 4.89. The van der Waals surface area contributed by atoms with Gasteiger partial charge in [0, 0.05) is 0 Å². The lowest BCUT2D eigenvalue weighted by Crippen LogP contribution is -2.08. The number of rotatable bonds is 10. The van der Waals surface area contributed by atoms with Crippen LogP contribution in [-0.4, -0.2) is 15.1 Å². The summed E-state index contributed by atoms with van der Waals surface area (Å²) < 4.78 is 0. The van der Waals surface area contributed by atoms with Crippen molar-refractivity contribution in [2.75, 3.05) is 0 Å². The molecule has 0 N–H and O–H groups in total. The molecule has 0 aromatic carbocycles. The SMILES string of the molecule is [B]C(C)(CCCC)CCCC[B]CC(C)C. The molecule has 0 nitrogen and oxygen atoms in total. The average Bonchev–Trinajstić information content (AvgIpc) is 2.20. The van der Waals surface area contributed by atoms with Crippen molar-refractivity contribution >= 4 is 15.1 Å². The zero-order valence-corrected chi connectivity index (χ0v) is 11.9. The molecule has 0 aliphatic carbocycles. The largest absolute Gasteiger partial charge is 0.109 e. The van der Waals surface area contributed by atoms with E-state index in [0.717, 1.165) is 5.92 Å².